The number of nitro groups is 1. The van der Waals surface area contributed by atoms with Crippen LogP contribution >= 0.6 is 0 Å². The fourth-order valence-corrected chi connectivity index (χ4v) is 3.53. The Morgan fingerprint density at radius 1 is 1.28 bits per heavy atom. The van der Waals surface area contributed by atoms with Crippen molar-refractivity contribution in [3.63, 3.8) is 0 Å². The molecule has 4 rings (SSSR count). The van der Waals surface area contributed by atoms with Gasteiger partial charge >= 0.3 is 0 Å². The molecule has 1 aliphatic rings. The Bertz CT molecular complexity index is 1100. The molecule has 0 atom stereocenters. The van der Waals surface area contributed by atoms with Gasteiger partial charge in [0.2, 0.25) is 0 Å². The highest BCUT2D eigenvalue weighted by atomic mass is 16.6. The minimum atomic E-state index is -0.574. The molecule has 0 aliphatic carbocycles. The number of fused-ring (bicyclic) bond motifs is 1. The van der Waals surface area contributed by atoms with E-state index >= 15 is 0 Å². The number of nitro benzene ring substituents is 1. The normalized spacial score (nSPS) is 14.2. The molecule has 1 aromatic heterocycles. The number of carbonyl (C=O) groups excluding carboxylic acids is 1. The number of aryl methyl sites for hydroxylation is 1. The van der Waals surface area contributed by atoms with Gasteiger partial charge in [-0.25, -0.2) is 0 Å². The highest BCUT2D eigenvalue weighted by Crippen LogP contribution is 2.33. The van der Waals surface area contributed by atoms with E-state index in [9.17, 15) is 14.9 Å². The van der Waals surface area contributed by atoms with Crippen LogP contribution in [0.1, 0.15) is 15.9 Å². The first kappa shape index (κ1) is 18.7. The fraction of sp³-hybridized carbons (Fsp3) is 0.263. The SMILES string of the molecule is Cc1cc2cn[nH]c2cc1NC(=O)c1cc([N+](=O)[O-])c(N)cc1N1CCNCC1. The lowest BCUT2D eigenvalue weighted by atomic mass is 10.1. The van der Waals surface area contributed by atoms with Gasteiger partial charge in [0, 0.05) is 43.3 Å². The Kier molecular flexibility index (Phi) is 4.77. The first-order chi connectivity index (χ1) is 13.9. The zero-order chi connectivity index (χ0) is 20.5. The molecule has 2 heterocycles. The van der Waals surface area contributed by atoms with E-state index in [-0.39, 0.29) is 16.9 Å². The van der Waals surface area contributed by atoms with E-state index in [1.807, 2.05) is 17.9 Å². The highest BCUT2D eigenvalue weighted by molar-refractivity contribution is 6.10. The van der Waals surface area contributed by atoms with Crippen LogP contribution in [-0.2, 0) is 0 Å². The van der Waals surface area contributed by atoms with Crippen molar-refractivity contribution in [3.05, 3.63) is 51.7 Å². The quantitative estimate of drug-likeness (QED) is 0.301. The van der Waals surface area contributed by atoms with Crippen molar-refractivity contribution in [3.8, 4) is 0 Å². The number of hydrogen-bond donors (Lipinski definition) is 4. The zero-order valence-electron chi connectivity index (χ0n) is 15.9. The van der Waals surface area contributed by atoms with E-state index < -0.39 is 10.8 Å². The van der Waals surface area contributed by atoms with Gasteiger partial charge in [-0.2, -0.15) is 5.10 Å². The number of benzene rings is 2. The molecular weight excluding hydrogens is 374 g/mol. The molecule has 0 radical (unpaired) electrons. The predicted molar refractivity (Wildman–Crippen MR) is 111 cm³/mol. The van der Waals surface area contributed by atoms with Gasteiger partial charge in [0.1, 0.15) is 5.69 Å². The second-order valence-corrected chi connectivity index (χ2v) is 7.00. The summed E-state index contributed by atoms with van der Waals surface area (Å²) < 4.78 is 0. The van der Waals surface area contributed by atoms with Crippen LogP contribution < -0.4 is 21.3 Å². The first-order valence-electron chi connectivity index (χ1n) is 9.22. The van der Waals surface area contributed by atoms with Crippen molar-refractivity contribution >= 4 is 39.6 Å². The third-order valence-electron chi connectivity index (χ3n) is 5.08. The zero-order valence-corrected chi connectivity index (χ0v) is 15.9. The van der Waals surface area contributed by atoms with Gasteiger partial charge in [0.15, 0.2) is 0 Å². The molecule has 0 unspecified atom stereocenters. The molecule has 150 valence electrons. The van der Waals surface area contributed by atoms with Crippen LogP contribution in [0.3, 0.4) is 0 Å². The topological polar surface area (TPSA) is 142 Å². The van der Waals surface area contributed by atoms with Crippen LogP contribution in [0.25, 0.3) is 10.9 Å². The Labute approximate surface area is 166 Å². The van der Waals surface area contributed by atoms with E-state index in [1.165, 1.54) is 12.1 Å². The summed E-state index contributed by atoms with van der Waals surface area (Å²) in [4.78, 5) is 26.0. The lowest BCUT2D eigenvalue weighted by molar-refractivity contribution is -0.383. The number of nitrogens with one attached hydrogen (secondary N) is 3. The van der Waals surface area contributed by atoms with Crippen molar-refractivity contribution < 1.29 is 9.72 Å². The molecule has 1 saturated heterocycles. The second kappa shape index (κ2) is 7.40. The van der Waals surface area contributed by atoms with Crippen molar-refractivity contribution in [1.82, 2.24) is 15.5 Å². The van der Waals surface area contributed by atoms with Crippen LogP contribution in [0.5, 0.6) is 0 Å². The summed E-state index contributed by atoms with van der Waals surface area (Å²) >= 11 is 0. The van der Waals surface area contributed by atoms with E-state index in [1.54, 1.807) is 12.3 Å². The molecule has 1 fully saturated rings. The lowest BCUT2D eigenvalue weighted by Gasteiger charge is -2.31. The Balaban J connectivity index is 1.74. The van der Waals surface area contributed by atoms with Crippen molar-refractivity contribution in [2.45, 2.75) is 6.92 Å². The average Bonchev–Trinajstić information content (AvgIpc) is 3.15. The minimum Gasteiger partial charge on any atom is -0.393 e. The number of anilines is 3. The number of rotatable bonds is 4. The number of aromatic nitrogens is 2. The molecule has 2 aromatic carbocycles. The maximum absolute atomic E-state index is 13.1. The van der Waals surface area contributed by atoms with Gasteiger partial charge in [-0.3, -0.25) is 20.0 Å². The van der Waals surface area contributed by atoms with Gasteiger partial charge in [0.05, 0.1) is 27.9 Å². The molecule has 0 bridgehead atoms. The number of nitrogens with two attached hydrogens (primary N) is 1. The van der Waals surface area contributed by atoms with Crippen LogP contribution in [0.4, 0.5) is 22.7 Å². The highest BCUT2D eigenvalue weighted by Gasteiger charge is 2.25. The predicted octanol–water partition coefficient (Wildman–Crippen LogP) is 2.02. The molecule has 10 heteroatoms. The number of hydrogen-bond acceptors (Lipinski definition) is 7. The molecule has 0 saturated carbocycles. The maximum Gasteiger partial charge on any atom is 0.293 e. The fourth-order valence-electron chi connectivity index (χ4n) is 3.53. The van der Waals surface area contributed by atoms with E-state index in [0.717, 1.165) is 29.6 Å². The van der Waals surface area contributed by atoms with Crippen LogP contribution in [0.15, 0.2) is 30.5 Å². The van der Waals surface area contributed by atoms with Gasteiger partial charge < -0.3 is 21.3 Å². The lowest BCUT2D eigenvalue weighted by Crippen LogP contribution is -2.44. The molecule has 3 aromatic rings. The summed E-state index contributed by atoms with van der Waals surface area (Å²) in [6, 6.07) is 6.48. The van der Waals surface area contributed by atoms with Crippen molar-refractivity contribution in [2.75, 3.05) is 42.1 Å². The second-order valence-electron chi connectivity index (χ2n) is 7.00. The molecule has 29 heavy (non-hydrogen) atoms. The van der Waals surface area contributed by atoms with E-state index in [2.05, 4.69) is 20.8 Å². The number of carbonyl (C=O) groups is 1. The van der Waals surface area contributed by atoms with Gasteiger partial charge in [-0.15, -0.1) is 0 Å². The van der Waals surface area contributed by atoms with Crippen molar-refractivity contribution in [1.29, 1.82) is 0 Å². The van der Waals surface area contributed by atoms with Gasteiger partial charge in [0.25, 0.3) is 11.6 Å². The molecular formula is C19H21N7O3. The number of nitrogens with zero attached hydrogens (tertiary/aromatic N) is 3. The molecule has 5 N–H and O–H groups in total. The molecule has 1 aliphatic heterocycles. The molecule has 10 nitrogen and oxygen atoms in total. The summed E-state index contributed by atoms with van der Waals surface area (Å²) in [7, 11) is 0. The molecule has 1 amide bonds. The van der Waals surface area contributed by atoms with Crippen LogP contribution in [-0.4, -0.2) is 47.2 Å². The maximum atomic E-state index is 13.1. The Morgan fingerprint density at radius 3 is 2.76 bits per heavy atom. The van der Waals surface area contributed by atoms with Gasteiger partial charge in [-0.05, 0) is 30.7 Å². The van der Waals surface area contributed by atoms with Gasteiger partial charge in [-0.1, -0.05) is 0 Å². The first-order valence-corrected chi connectivity index (χ1v) is 9.22. The summed E-state index contributed by atoms with van der Waals surface area (Å²) in [5.41, 5.74) is 8.72. The standard InChI is InChI=1S/C19H21N7O3/c1-11-6-12-10-22-24-16(12)9-15(11)23-19(27)13-7-18(26(28)29)14(20)8-17(13)25-4-2-21-3-5-25/h6-10,21H,2-5,20H2,1H3,(H,22,24)(H,23,27). The number of aromatic amines is 1. The third kappa shape index (κ3) is 3.57. The van der Waals surface area contributed by atoms with Crippen LogP contribution in [0, 0.1) is 17.0 Å². The Hall–Kier alpha value is -3.66. The van der Waals surface area contributed by atoms with Crippen molar-refractivity contribution in [2.24, 2.45) is 0 Å². The minimum absolute atomic E-state index is 0.0372. The average molecular weight is 395 g/mol. The third-order valence-corrected chi connectivity index (χ3v) is 5.08. The van der Waals surface area contributed by atoms with E-state index in [4.69, 9.17) is 5.73 Å². The number of piperazine rings is 1. The smallest absolute Gasteiger partial charge is 0.293 e. The summed E-state index contributed by atoms with van der Waals surface area (Å²) in [6.45, 7) is 4.75. The number of H-pyrrole nitrogens is 1. The largest absolute Gasteiger partial charge is 0.393 e. The summed E-state index contributed by atoms with van der Waals surface area (Å²) in [5.74, 6) is -0.427. The number of nitrogen functional groups attached to an aromatic ring is 1. The monoisotopic (exact) mass is 395 g/mol. The summed E-state index contributed by atoms with van der Waals surface area (Å²) in [6.07, 6.45) is 1.71. The van der Waals surface area contributed by atoms with Crippen LogP contribution in [0.2, 0.25) is 0 Å². The Morgan fingerprint density at radius 2 is 2.03 bits per heavy atom. The van der Waals surface area contributed by atoms with E-state index in [0.29, 0.717) is 24.5 Å². The number of amides is 1. The summed E-state index contributed by atoms with van der Waals surface area (Å²) in [5, 5.41) is 25.3. The molecule has 0 spiro atoms.